The fourth-order valence-corrected chi connectivity index (χ4v) is 2.36. The van der Waals surface area contributed by atoms with Crippen molar-refractivity contribution < 1.29 is 0 Å². The molecule has 0 aliphatic carbocycles. The maximum atomic E-state index is 8.69. The van der Waals surface area contributed by atoms with E-state index in [9.17, 15) is 0 Å². The molecule has 0 atom stereocenters. The summed E-state index contributed by atoms with van der Waals surface area (Å²) in [5.41, 5.74) is 3.23. The zero-order valence-electron chi connectivity index (χ0n) is 12.1. The van der Waals surface area contributed by atoms with Gasteiger partial charge in [0, 0.05) is 23.7 Å². The molecule has 0 aliphatic rings. The summed E-state index contributed by atoms with van der Waals surface area (Å²) in [5, 5.41) is 18.4. The van der Waals surface area contributed by atoms with Gasteiger partial charge < -0.3 is 0 Å². The van der Waals surface area contributed by atoms with Gasteiger partial charge >= 0.3 is 0 Å². The topological polar surface area (TPSA) is 59.4 Å². The number of hydrogen-bond donors (Lipinski definition) is 0. The molecule has 0 amide bonds. The summed E-state index contributed by atoms with van der Waals surface area (Å²) in [5.74, 6) is 1.32. The van der Waals surface area contributed by atoms with Crippen LogP contribution in [-0.2, 0) is 13.1 Å². The number of aromatic nitrogens is 4. The number of fused-ring (bicyclic) bond motifs is 1. The maximum absolute atomic E-state index is 8.69. The number of rotatable bonds is 4. The highest BCUT2D eigenvalue weighted by molar-refractivity contribution is 5.84. The van der Waals surface area contributed by atoms with E-state index in [1.54, 1.807) is 10.9 Å². The van der Waals surface area contributed by atoms with Crippen LogP contribution >= 0.6 is 0 Å². The number of nitriles is 1. The highest BCUT2D eigenvalue weighted by Gasteiger charge is 2.07. The fraction of sp³-hybridized carbons (Fsp3) is 0.250. The van der Waals surface area contributed by atoms with Crippen molar-refractivity contribution in [3.63, 3.8) is 0 Å². The zero-order chi connectivity index (χ0) is 14.8. The van der Waals surface area contributed by atoms with E-state index in [0.717, 1.165) is 28.6 Å². The van der Waals surface area contributed by atoms with E-state index >= 15 is 0 Å². The molecule has 105 valence electrons. The predicted octanol–water partition coefficient (Wildman–Crippen LogP) is 3.04. The Balaban J connectivity index is 1.95. The monoisotopic (exact) mass is 278 g/mol. The van der Waals surface area contributed by atoms with Crippen molar-refractivity contribution in [2.24, 2.45) is 0 Å². The van der Waals surface area contributed by atoms with E-state index in [4.69, 9.17) is 5.26 Å². The van der Waals surface area contributed by atoms with Crippen molar-refractivity contribution in [2.45, 2.75) is 26.9 Å². The van der Waals surface area contributed by atoms with E-state index in [1.165, 1.54) is 5.92 Å². The molecule has 0 bridgehead atoms. The molecule has 5 heteroatoms. The Morgan fingerprint density at radius 2 is 2.05 bits per heavy atom. The summed E-state index contributed by atoms with van der Waals surface area (Å²) in [6, 6.07) is 8.35. The average molecular weight is 278 g/mol. The third-order valence-electron chi connectivity index (χ3n) is 3.31. The lowest BCUT2D eigenvalue weighted by Gasteiger charge is -2.06. The summed E-state index contributed by atoms with van der Waals surface area (Å²) < 4.78 is 3.64. The molecule has 5 nitrogen and oxygen atoms in total. The fourth-order valence-electron chi connectivity index (χ4n) is 2.36. The molecule has 1 aromatic carbocycles. The summed E-state index contributed by atoms with van der Waals surface area (Å²) in [4.78, 5) is 0. The lowest BCUT2D eigenvalue weighted by Crippen LogP contribution is -2.03. The van der Waals surface area contributed by atoms with Gasteiger partial charge in [0.05, 0.1) is 24.0 Å². The minimum Gasteiger partial charge on any atom is -0.264 e. The zero-order valence-corrected chi connectivity index (χ0v) is 12.1. The Bertz CT molecular complexity index is 804. The smallest absolute Gasteiger partial charge is 0.128 e. The number of hydrogen-bond acceptors (Lipinski definition) is 3. The molecule has 0 aliphatic heterocycles. The van der Waals surface area contributed by atoms with Gasteiger partial charge in [-0.3, -0.25) is 9.36 Å². The molecule has 0 N–H and O–H groups in total. The van der Waals surface area contributed by atoms with Crippen LogP contribution in [0.5, 0.6) is 0 Å². The van der Waals surface area contributed by atoms with Crippen LogP contribution in [0, 0.1) is 17.2 Å². The average Bonchev–Trinajstić information content (AvgIpc) is 3.06. The molecule has 3 rings (SSSR count). The summed E-state index contributed by atoms with van der Waals surface area (Å²) in [6.45, 7) is 5.31. The Morgan fingerprint density at radius 1 is 1.19 bits per heavy atom. The third kappa shape index (κ3) is 2.65. The highest BCUT2D eigenvalue weighted by atomic mass is 15.3. The van der Waals surface area contributed by atoms with Crippen molar-refractivity contribution in [3.05, 3.63) is 42.7 Å². The first kappa shape index (κ1) is 13.4. The molecule has 0 saturated carbocycles. The Labute approximate surface area is 123 Å². The van der Waals surface area contributed by atoms with Crippen molar-refractivity contribution >= 4 is 10.9 Å². The number of nitrogens with zero attached hydrogens (tertiary/aromatic N) is 5. The molecule has 0 spiro atoms. The summed E-state index contributed by atoms with van der Waals surface area (Å²) in [6.07, 6.45) is 5.56. The lowest BCUT2D eigenvalue weighted by molar-refractivity contribution is 0.650. The molecule has 2 aromatic heterocycles. The normalized spacial score (nSPS) is 11.1. The van der Waals surface area contributed by atoms with Crippen LogP contribution in [0.25, 0.3) is 22.0 Å². The Kier molecular flexibility index (Phi) is 3.44. The minimum atomic E-state index is 0.270. The second-order valence-electron chi connectivity index (χ2n) is 5.37. The van der Waals surface area contributed by atoms with Crippen LogP contribution in [0.2, 0.25) is 0 Å². The molecule has 0 unspecified atom stereocenters. The first-order chi connectivity index (χ1) is 10.2. The first-order valence-corrected chi connectivity index (χ1v) is 6.82. The minimum absolute atomic E-state index is 0.270. The first-order valence-electron chi connectivity index (χ1n) is 6.82. The van der Waals surface area contributed by atoms with Gasteiger partial charge in [0.1, 0.15) is 6.54 Å². The van der Waals surface area contributed by atoms with E-state index < -0.39 is 0 Å². The highest BCUT2D eigenvalue weighted by Crippen LogP contribution is 2.24. The van der Waals surface area contributed by atoms with Gasteiger partial charge in [0.2, 0.25) is 0 Å². The van der Waals surface area contributed by atoms with Gasteiger partial charge in [-0.25, -0.2) is 0 Å². The van der Waals surface area contributed by atoms with Crippen LogP contribution in [-0.4, -0.2) is 19.6 Å². The summed E-state index contributed by atoms with van der Waals surface area (Å²) in [7, 11) is 0. The molecule has 3 aromatic rings. The van der Waals surface area contributed by atoms with Crippen LogP contribution < -0.4 is 0 Å². The third-order valence-corrected chi connectivity index (χ3v) is 3.31. The Morgan fingerprint density at radius 3 is 2.81 bits per heavy atom. The number of benzene rings is 1. The van der Waals surface area contributed by atoms with Crippen LogP contribution in [0.4, 0.5) is 0 Å². The predicted molar refractivity (Wildman–Crippen MR) is 81.2 cm³/mol. The van der Waals surface area contributed by atoms with E-state index in [1.807, 2.05) is 17.1 Å². The molecule has 0 saturated heterocycles. The van der Waals surface area contributed by atoms with Gasteiger partial charge in [-0.2, -0.15) is 15.5 Å². The van der Waals surface area contributed by atoms with Crippen molar-refractivity contribution in [3.8, 4) is 17.2 Å². The largest absolute Gasteiger partial charge is 0.264 e. The van der Waals surface area contributed by atoms with Crippen molar-refractivity contribution in [1.29, 1.82) is 5.26 Å². The molecule has 21 heavy (non-hydrogen) atoms. The molecular weight excluding hydrogens is 262 g/mol. The van der Waals surface area contributed by atoms with E-state index in [0.29, 0.717) is 0 Å². The van der Waals surface area contributed by atoms with Crippen LogP contribution in [0.15, 0.2) is 36.8 Å². The van der Waals surface area contributed by atoms with Crippen LogP contribution in [0.3, 0.4) is 0 Å². The van der Waals surface area contributed by atoms with E-state index in [2.05, 4.69) is 48.3 Å². The maximum Gasteiger partial charge on any atom is 0.128 e. The lowest BCUT2D eigenvalue weighted by atomic mass is 10.1. The van der Waals surface area contributed by atoms with Gasteiger partial charge in [-0.15, -0.1) is 0 Å². The SMILES string of the molecule is C[C](C)Cn1ncc2cc(-c3cnn(CC#N)c3)ccc21. The Hall–Kier alpha value is -2.61. The summed E-state index contributed by atoms with van der Waals surface area (Å²) >= 11 is 0. The van der Waals surface area contributed by atoms with Gasteiger partial charge in [-0.05, 0) is 23.6 Å². The standard InChI is InChI=1S/C16H16N5/c1-12(2)10-21-16-4-3-13(7-14(16)8-19-21)15-9-18-20(11-15)6-5-17/h3-4,7-9,11H,6,10H2,1-2H3. The molecule has 1 radical (unpaired) electrons. The van der Waals surface area contributed by atoms with Crippen molar-refractivity contribution in [2.75, 3.05) is 0 Å². The second-order valence-corrected chi connectivity index (χ2v) is 5.37. The molecular formula is C16H16N5. The van der Waals surface area contributed by atoms with Gasteiger partial charge in [0.15, 0.2) is 0 Å². The van der Waals surface area contributed by atoms with Gasteiger partial charge in [-0.1, -0.05) is 19.9 Å². The second kappa shape index (κ2) is 5.41. The molecule has 0 fully saturated rings. The van der Waals surface area contributed by atoms with E-state index in [-0.39, 0.29) is 6.54 Å². The van der Waals surface area contributed by atoms with Crippen LogP contribution in [0.1, 0.15) is 13.8 Å². The molecule has 2 heterocycles. The quantitative estimate of drug-likeness (QED) is 0.737. The van der Waals surface area contributed by atoms with Crippen molar-refractivity contribution in [1.82, 2.24) is 19.6 Å². The van der Waals surface area contributed by atoms with Gasteiger partial charge in [0.25, 0.3) is 0 Å².